The number of aliphatic hydroxyl groups is 4. The van der Waals surface area contributed by atoms with E-state index < -0.39 is 57.2 Å². The van der Waals surface area contributed by atoms with Gasteiger partial charge in [0.2, 0.25) is 0 Å². The molecule has 1 aromatic carbocycles. The second-order valence-corrected chi connectivity index (χ2v) is 8.31. The second kappa shape index (κ2) is 10.5. The van der Waals surface area contributed by atoms with Gasteiger partial charge in [-0.2, -0.15) is 0 Å². The smallest absolute Gasteiger partial charge is 0.295 e. The molecule has 15 heteroatoms. The van der Waals surface area contributed by atoms with E-state index in [2.05, 4.69) is 21.3 Å². The van der Waals surface area contributed by atoms with Gasteiger partial charge in [0, 0.05) is 11.8 Å². The summed E-state index contributed by atoms with van der Waals surface area (Å²) in [5, 5.41) is 75.4. The molecule has 0 spiro atoms. The van der Waals surface area contributed by atoms with Gasteiger partial charge in [0.25, 0.3) is 11.4 Å². The maximum atomic E-state index is 12.4. The van der Waals surface area contributed by atoms with Crippen LogP contribution in [0.5, 0.6) is 0 Å². The van der Waals surface area contributed by atoms with Gasteiger partial charge in [-0.15, -0.1) is 0 Å². The lowest BCUT2D eigenvalue weighted by Gasteiger charge is -2.43. The molecule has 1 aliphatic rings. The highest BCUT2D eigenvalue weighted by molar-refractivity contribution is 5.67. The molecule has 0 saturated carbocycles. The number of rotatable bonds is 11. The van der Waals surface area contributed by atoms with E-state index >= 15 is 0 Å². The lowest BCUT2D eigenvalue weighted by molar-refractivity contribution is -0.438. The lowest BCUT2D eigenvalue weighted by Crippen LogP contribution is -2.66. The van der Waals surface area contributed by atoms with E-state index in [1.165, 1.54) is 45.9 Å². The summed E-state index contributed by atoms with van der Waals surface area (Å²) in [5.41, 5.74) is -0.0574. The molecule has 0 aliphatic heterocycles. The first-order chi connectivity index (χ1) is 16.1. The Kier molecular flexibility index (Phi) is 8.38. The number of nitrogens with one attached hydrogen (secondary N) is 4. The third-order valence-corrected chi connectivity index (χ3v) is 5.28. The summed E-state index contributed by atoms with van der Waals surface area (Å²) >= 11 is 0. The zero-order valence-corrected chi connectivity index (χ0v) is 19.6. The van der Waals surface area contributed by atoms with Crippen LogP contribution in [0, 0.1) is 20.2 Å². The number of benzene rings is 1. The van der Waals surface area contributed by atoms with Gasteiger partial charge >= 0.3 is 0 Å². The van der Waals surface area contributed by atoms with Crippen LogP contribution in [0.3, 0.4) is 0 Å². The third-order valence-electron chi connectivity index (χ3n) is 5.28. The zero-order chi connectivity index (χ0) is 26.7. The molecule has 0 fully saturated rings. The summed E-state index contributed by atoms with van der Waals surface area (Å²) in [7, 11) is 0. The van der Waals surface area contributed by atoms with Crippen LogP contribution in [0.25, 0.3) is 0 Å². The number of nitro groups is 2. The van der Waals surface area contributed by atoms with Gasteiger partial charge in [-0.25, -0.2) is 0 Å². The molecule has 194 valence electrons. The highest BCUT2D eigenvalue weighted by Gasteiger charge is 2.55. The number of nitro benzene ring substituents is 1. The van der Waals surface area contributed by atoms with Crippen LogP contribution in [0.15, 0.2) is 41.7 Å². The molecular formula is C20H31N7O8. The fourth-order valence-electron chi connectivity index (χ4n) is 3.98. The Morgan fingerprint density at radius 3 is 2.00 bits per heavy atom. The average Bonchev–Trinajstić information content (AvgIpc) is 2.70. The Hall–Kier alpha value is -3.34. The monoisotopic (exact) mass is 497 g/mol. The number of anilines is 2. The van der Waals surface area contributed by atoms with Crippen molar-refractivity contribution in [3.05, 3.63) is 62.0 Å². The van der Waals surface area contributed by atoms with E-state index in [1.807, 2.05) is 0 Å². The summed E-state index contributed by atoms with van der Waals surface area (Å²) in [4.78, 5) is 22.5. The lowest BCUT2D eigenvalue weighted by atomic mass is 9.79. The third kappa shape index (κ3) is 6.02. The molecule has 6 unspecified atom stereocenters. The van der Waals surface area contributed by atoms with Gasteiger partial charge in [0.05, 0.1) is 15.9 Å². The molecule has 1 aromatic rings. The van der Waals surface area contributed by atoms with E-state index in [4.69, 9.17) is 5.73 Å². The summed E-state index contributed by atoms with van der Waals surface area (Å²) in [6.45, 7) is 5.31. The molecule has 0 bridgehead atoms. The summed E-state index contributed by atoms with van der Waals surface area (Å²) in [6, 6.07) is 2.79. The Morgan fingerprint density at radius 2 is 1.51 bits per heavy atom. The minimum atomic E-state index is -2.32. The molecular weight excluding hydrogens is 466 g/mol. The molecule has 15 nitrogen and oxygen atoms in total. The minimum Gasteiger partial charge on any atom is -0.399 e. The highest BCUT2D eigenvalue weighted by Crippen LogP contribution is 2.38. The standard InChI is InChI=1S/C20H31N7O8/c1-10(22-15-6-5-14(21)9-16(15)26(32)33)19(24-12(3)29)7-8-20(31,25-13(4)30)17(23-11(2)28)18(19)27(34)35/h5-13,22-25,28-31H,21H2,1-4H3. The van der Waals surface area contributed by atoms with Crippen LogP contribution in [0.4, 0.5) is 17.1 Å². The van der Waals surface area contributed by atoms with E-state index in [0.29, 0.717) is 0 Å². The van der Waals surface area contributed by atoms with Crippen molar-refractivity contribution in [2.75, 3.05) is 11.1 Å². The van der Waals surface area contributed by atoms with E-state index in [-0.39, 0.29) is 17.1 Å². The molecule has 1 aliphatic carbocycles. The number of nitrogens with zero attached hydrogens (tertiary/aromatic N) is 2. The van der Waals surface area contributed by atoms with Crippen LogP contribution in [0.2, 0.25) is 0 Å². The topological polar surface area (TPSA) is 241 Å². The molecule has 0 saturated heterocycles. The number of nitrogens with two attached hydrogens (primary N) is 1. The molecule has 6 atom stereocenters. The summed E-state index contributed by atoms with van der Waals surface area (Å²) < 4.78 is 0. The Morgan fingerprint density at radius 1 is 0.914 bits per heavy atom. The summed E-state index contributed by atoms with van der Waals surface area (Å²) in [5.74, 6) is 0. The molecule has 35 heavy (non-hydrogen) atoms. The average molecular weight is 498 g/mol. The fourth-order valence-corrected chi connectivity index (χ4v) is 3.98. The molecule has 2 rings (SSSR count). The quantitative estimate of drug-likeness (QED) is 0.0601. The maximum absolute atomic E-state index is 12.4. The van der Waals surface area contributed by atoms with Crippen LogP contribution in [-0.4, -0.2) is 66.3 Å². The highest BCUT2D eigenvalue weighted by atomic mass is 16.6. The normalized spacial score (nSPS) is 25.5. The van der Waals surface area contributed by atoms with Crippen molar-refractivity contribution in [2.24, 2.45) is 0 Å². The van der Waals surface area contributed by atoms with E-state index in [9.17, 15) is 40.7 Å². The van der Waals surface area contributed by atoms with Crippen molar-refractivity contribution in [1.29, 1.82) is 0 Å². The first-order valence-corrected chi connectivity index (χ1v) is 10.6. The van der Waals surface area contributed by atoms with Gasteiger partial charge in [0.1, 0.15) is 30.1 Å². The van der Waals surface area contributed by atoms with Gasteiger partial charge in [-0.3, -0.25) is 30.9 Å². The summed E-state index contributed by atoms with van der Waals surface area (Å²) in [6.07, 6.45) is -1.74. The van der Waals surface area contributed by atoms with Gasteiger partial charge in [-0.1, -0.05) is 6.08 Å². The predicted molar refractivity (Wildman–Crippen MR) is 126 cm³/mol. The molecule has 0 amide bonds. The number of hydrogen-bond acceptors (Lipinski definition) is 13. The van der Waals surface area contributed by atoms with Gasteiger partial charge in [-0.05, 0) is 45.9 Å². The second-order valence-electron chi connectivity index (χ2n) is 8.31. The SMILES string of the molecule is CC(O)NC1=C([N+](=O)[O-])C(NC(C)O)(C(C)Nc2ccc(N)cc2[N+](=O)[O-])C=CC1(O)NC(C)O. The van der Waals surface area contributed by atoms with Crippen LogP contribution in [0.1, 0.15) is 27.7 Å². The molecule has 0 heterocycles. The van der Waals surface area contributed by atoms with Crippen molar-refractivity contribution in [3.8, 4) is 0 Å². The van der Waals surface area contributed by atoms with Crippen molar-refractivity contribution in [1.82, 2.24) is 16.0 Å². The zero-order valence-electron chi connectivity index (χ0n) is 19.6. The van der Waals surface area contributed by atoms with Gasteiger partial charge in [0.15, 0.2) is 11.3 Å². The van der Waals surface area contributed by atoms with Crippen molar-refractivity contribution >= 4 is 17.1 Å². The van der Waals surface area contributed by atoms with Crippen molar-refractivity contribution in [2.45, 2.75) is 63.7 Å². The van der Waals surface area contributed by atoms with E-state index in [1.54, 1.807) is 0 Å². The Labute approximate surface area is 200 Å². The molecule has 0 radical (unpaired) electrons. The Bertz CT molecular complexity index is 1030. The fraction of sp³-hybridized carbons (Fsp3) is 0.500. The largest absolute Gasteiger partial charge is 0.399 e. The van der Waals surface area contributed by atoms with Crippen LogP contribution >= 0.6 is 0 Å². The Balaban J connectivity index is 2.77. The first kappa shape index (κ1) is 27.9. The first-order valence-electron chi connectivity index (χ1n) is 10.6. The minimum absolute atomic E-state index is 0.00691. The maximum Gasteiger partial charge on any atom is 0.295 e. The number of nitrogen functional groups attached to an aromatic ring is 1. The molecule has 10 N–H and O–H groups in total. The van der Waals surface area contributed by atoms with Gasteiger partial charge < -0.3 is 36.8 Å². The van der Waals surface area contributed by atoms with Crippen LogP contribution < -0.4 is 27.0 Å². The predicted octanol–water partition coefficient (Wildman–Crippen LogP) is -0.753. The van der Waals surface area contributed by atoms with E-state index in [0.717, 1.165) is 12.1 Å². The van der Waals surface area contributed by atoms with Crippen molar-refractivity contribution < 1.29 is 30.3 Å². The number of hydrogen-bond donors (Lipinski definition) is 9. The molecule has 0 aromatic heterocycles. The van der Waals surface area contributed by atoms with Crippen LogP contribution in [-0.2, 0) is 0 Å². The number of aliphatic hydroxyl groups excluding tert-OH is 3. The van der Waals surface area contributed by atoms with Crippen molar-refractivity contribution in [3.63, 3.8) is 0 Å².